The minimum Gasteiger partial charge on any atom is -0.324 e. The second kappa shape index (κ2) is 8.88. The van der Waals surface area contributed by atoms with Gasteiger partial charge in [0.15, 0.2) is 0 Å². The van der Waals surface area contributed by atoms with Crippen LogP contribution in [0.5, 0.6) is 0 Å². The highest BCUT2D eigenvalue weighted by Crippen LogP contribution is 2.34. The molecule has 1 amide bonds. The van der Waals surface area contributed by atoms with E-state index in [9.17, 15) is 26.4 Å². The Morgan fingerprint density at radius 3 is 2.67 bits per heavy atom. The molecule has 0 bridgehead atoms. The van der Waals surface area contributed by atoms with Gasteiger partial charge < -0.3 is 5.32 Å². The number of aryl methyl sites for hydroxylation is 1. The number of carbonyl (C=O) groups is 1. The molecule has 1 unspecified atom stereocenters. The second-order valence-electron chi connectivity index (χ2n) is 7.63. The van der Waals surface area contributed by atoms with E-state index in [0.717, 1.165) is 28.3 Å². The summed E-state index contributed by atoms with van der Waals surface area (Å²) in [6, 6.07) is 6.17. The summed E-state index contributed by atoms with van der Waals surface area (Å²) in [6.07, 6.45) is -1.20. The Kier molecular flexibility index (Phi) is 6.29. The minimum atomic E-state index is -4.60. The molecule has 2 aromatic heterocycles. The van der Waals surface area contributed by atoms with Crippen molar-refractivity contribution in [1.29, 1.82) is 0 Å². The van der Waals surface area contributed by atoms with Crippen LogP contribution in [0.3, 0.4) is 0 Å². The number of benzene rings is 1. The van der Waals surface area contributed by atoms with Crippen molar-refractivity contribution >= 4 is 33.0 Å². The van der Waals surface area contributed by atoms with Crippen molar-refractivity contribution in [3.8, 4) is 5.69 Å². The number of hydrogen-bond donors (Lipinski definition) is 1. The molecule has 176 valence electrons. The molecule has 3 heterocycles. The van der Waals surface area contributed by atoms with Crippen LogP contribution in [0.15, 0.2) is 47.2 Å². The van der Waals surface area contributed by atoms with Crippen LogP contribution in [0.25, 0.3) is 5.69 Å². The zero-order valence-electron chi connectivity index (χ0n) is 17.4. The van der Waals surface area contributed by atoms with Crippen LogP contribution in [0, 0.1) is 12.8 Å². The number of piperidine rings is 1. The minimum absolute atomic E-state index is 0.0528. The Morgan fingerprint density at radius 1 is 1.24 bits per heavy atom. The van der Waals surface area contributed by atoms with E-state index in [1.807, 2.05) is 0 Å². The molecular weight excluding hydrogens is 479 g/mol. The molecule has 0 spiro atoms. The van der Waals surface area contributed by atoms with E-state index < -0.39 is 33.6 Å². The van der Waals surface area contributed by atoms with Crippen LogP contribution in [0.4, 0.5) is 18.9 Å². The Morgan fingerprint density at radius 2 is 2.03 bits per heavy atom. The molecule has 1 aliphatic rings. The molecular formula is C20H20F3N5O3S2. The molecule has 33 heavy (non-hydrogen) atoms. The summed E-state index contributed by atoms with van der Waals surface area (Å²) in [5.41, 5.74) is -0.806. The van der Waals surface area contributed by atoms with Gasteiger partial charge in [0, 0.05) is 18.0 Å². The predicted octanol–water partition coefficient (Wildman–Crippen LogP) is 3.70. The summed E-state index contributed by atoms with van der Waals surface area (Å²) in [5.74, 6) is -1.27. The SMILES string of the molecule is Cc1ccc(S(=O)(=O)N2CCCC(C(=O)Nc3cc(C(F)(F)F)ccc3-n3cncn3)C2)s1. The number of halogens is 3. The summed E-state index contributed by atoms with van der Waals surface area (Å²) >= 11 is 1.15. The number of amides is 1. The summed E-state index contributed by atoms with van der Waals surface area (Å²) in [4.78, 5) is 17.7. The summed E-state index contributed by atoms with van der Waals surface area (Å²) in [7, 11) is -3.75. The van der Waals surface area contributed by atoms with E-state index >= 15 is 0 Å². The van der Waals surface area contributed by atoms with Gasteiger partial charge in [0.05, 0.1) is 22.9 Å². The van der Waals surface area contributed by atoms with Crippen LogP contribution < -0.4 is 5.32 Å². The van der Waals surface area contributed by atoms with Gasteiger partial charge >= 0.3 is 6.18 Å². The van der Waals surface area contributed by atoms with E-state index in [4.69, 9.17) is 0 Å². The molecule has 13 heteroatoms. The van der Waals surface area contributed by atoms with Crippen LogP contribution in [-0.2, 0) is 21.0 Å². The molecule has 0 aliphatic carbocycles. The van der Waals surface area contributed by atoms with E-state index in [-0.39, 0.29) is 28.7 Å². The maximum atomic E-state index is 13.3. The standard InChI is InChI=1S/C20H20F3N5O3S2/c1-13-4-7-18(32-13)33(30,31)27-8-2-3-14(10-27)19(29)26-16-9-15(20(21,22)23)5-6-17(16)28-12-24-11-25-28/h4-7,9,11-12,14H,2-3,8,10H2,1H3,(H,26,29). The van der Waals surface area contributed by atoms with Gasteiger partial charge in [0.2, 0.25) is 5.91 Å². The lowest BCUT2D eigenvalue weighted by atomic mass is 9.98. The fraction of sp³-hybridized carbons (Fsp3) is 0.350. The van der Waals surface area contributed by atoms with Gasteiger partial charge in [0.25, 0.3) is 10.0 Å². The van der Waals surface area contributed by atoms with E-state index in [1.54, 1.807) is 13.0 Å². The lowest BCUT2D eigenvalue weighted by Gasteiger charge is -2.31. The Balaban J connectivity index is 1.57. The highest BCUT2D eigenvalue weighted by atomic mass is 32.2. The number of carbonyl (C=O) groups excluding carboxylic acids is 1. The van der Waals surface area contributed by atoms with Crippen molar-refractivity contribution in [2.24, 2.45) is 5.92 Å². The molecule has 4 rings (SSSR count). The fourth-order valence-electron chi connectivity index (χ4n) is 3.63. The van der Waals surface area contributed by atoms with Crippen molar-refractivity contribution in [3.05, 3.63) is 53.4 Å². The number of aromatic nitrogens is 3. The van der Waals surface area contributed by atoms with Crippen LogP contribution >= 0.6 is 11.3 Å². The van der Waals surface area contributed by atoms with Crippen LogP contribution in [0.2, 0.25) is 0 Å². The number of nitrogens with zero attached hydrogens (tertiary/aromatic N) is 4. The zero-order valence-corrected chi connectivity index (χ0v) is 19.0. The summed E-state index contributed by atoms with van der Waals surface area (Å²) in [6.45, 7) is 2.03. The van der Waals surface area contributed by atoms with Gasteiger partial charge in [-0.25, -0.2) is 18.1 Å². The third-order valence-corrected chi connectivity index (χ3v) is 8.65. The third-order valence-electron chi connectivity index (χ3n) is 5.31. The van der Waals surface area contributed by atoms with Crippen LogP contribution in [-0.4, -0.2) is 46.5 Å². The zero-order chi connectivity index (χ0) is 23.8. The number of hydrogen-bond acceptors (Lipinski definition) is 6. The molecule has 1 saturated heterocycles. The normalized spacial score (nSPS) is 17.8. The van der Waals surface area contributed by atoms with Gasteiger partial charge in [-0.3, -0.25) is 4.79 Å². The highest BCUT2D eigenvalue weighted by molar-refractivity contribution is 7.91. The van der Waals surface area contributed by atoms with Crippen molar-refractivity contribution in [1.82, 2.24) is 19.1 Å². The molecule has 1 aliphatic heterocycles. The Hall–Kier alpha value is -2.77. The average molecular weight is 500 g/mol. The first-order chi connectivity index (χ1) is 15.6. The molecule has 0 saturated carbocycles. The van der Waals surface area contributed by atoms with Gasteiger partial charge in [0.1, 0.15) is 16.9 Å². The van der Waals surface area contributed by atoms with Gasteiger partial charge in [-0.15, -0.1) is 11.3 Å². The van der Waals surface area contributed by atoms with Gasteiger partial charge in [-0.2, -0.15) is 22.6 Å². The number of anilines is 1. The second-order valence-corrected chi connectivity index (χ2v) is 11.1. The van der Waals surface area contributed by atoms with E-state index in [2.05, 4.69) is 15.4 Å². The van der Waals surface area contributed by atoms with Gasteiger partial charge in [-0.05, 0) is 50.1 Å². The predicted molar refractivity (Wildman–Crippen MR) is 116 cm³/mol. The van der Waals surface area contributed by atoms with Gasteiger partial charge in [-0.1, -0.05) is 0 Å². The Labute approximate surface area is 192 Å². The quantitative estimate of drug-likeness (QED) is 0.578. The molecule has 3 aromatic rings. The number of alkyl halides is 3. The topological polar surface area (TPSA) is 97.2 Å². The maximum absolute atomic E-state index is 13.3. The number of rotatable bonds is 5. The number of thiophene rings is 1. The maximum Gasteiger partial charge on any atom is 0.416 e. The Bertz CT molecular complexity index is 1260. The van der Waals surface area contributed by atoms with Crippen LogP contribution in [0.1, 0.15) is 23.3 Å². The lowest BCUT2D eigenvalue weighted by molar-refractivity contribution is -0.137. The molecule has 0 radical (unpaired) electrons. The molecule has 1 atom stereocenters. The largest absolute Gasteiger partial charge is 0.416 e. The van der Waals surface area contributed by atoms with Crippen molar-refractivity contribution < 1.29 is 26.4 Å². The lowest BCUT2D eigenvalue weighted by Crippen LogP contribution is -2.43. The first kappa shape index (κ1) is 23.4. The van der Waals surface area contributed by atoms with Crippen molar-refractivity contribution in [3.63, 3.8) is 0 Å². The first-order valence-electron chi connectivity index (χ1n) is 9.99. The van der Waals surface area contributed by atoms with E-state index in [0.29, 0.717) is 12.8 Å². The molecule has 1 N–H and O–H groups in total. The van der Waals surface area contributed by atoms with Crippen molar-refractivity contribution in [2.45, 2.75) is 30.2 Å². The number of nitrogens with one attached hydrogen (secondary N) is 1. The number of sulfonamides is 1. The van der Waals surface area contributed by atoms with E-state index in [1.165, 1.54) is 33.8 Å². The van der Waals surface area contributed by atoms with Crippen molar-refractivity contribution in [2.75, 3.05) is 18.4 Å². The average Bonchev–Trinajstić information content (AvgIpc) is 3.45. The molecule has 1 aromatic carbocycles. The highest BCUT2D eigenvalue weighted by Gasteiger charge is 2.35. The summed E-state index contributed by atoms with van der Waals surface area (Å²) in [5, 5.41) is 6.48. The monoisotopic (exact) mass is 499 g/mol. The molecule has 1 fully saturated rings. The third kappa shape index (κ3) is 4.94. The fourth-order valence-corrected chi connectivity index (χ4v) is 6.59. The summed E-state index contributed by atoms with van der Waals surface area (Å²) < 4.78 is 68.4. The smallest absolute Gasteiger partial charge is 0.324 e. The first-order valence-corrected chi connectivity index (χ1v) is 12.2. The molecule has 8 nitrogen and oxygen atoms in total.